The Hall–Kier alpha value is -2.12. The highest BCUT2D eigenvalue weighted by atomic mass is 16.5. The first-order valence-electron chi connectivity index (χ1n) is 10.9. The molecule has 0 bridgehead atoms. The van der Waals surface area contributed by atoms with E-state index < -0.39 is 5.41 Å². The van der Waals surface area contributed by atoms with E-state index in [-0.39, 0.29) is 11.8 Å². The van der Waals surface area contributed by atoms with Gasteiger partial charge in [-0.15, -0.1) is 0 Å². The number of carbonyl (C=O) groups excluding carboxylic acids is 2. The van der Waals surface area contributed by atoms with E-state index in [1.54, 1.807) is 14.2 Å². The van der Waals surface area contributed by atoms with Crippen LogP contribution < -0.4 is 10.5 Å². The summed E-state index contributed by atoms with van der Waals surface area (Å²) in [6, 6.07) is 6.06. The van der Waals surface area contributed by atoms with Crippen LogP contribution in [0.1, 0.15) is 48.0 Å². The maximum absolute atomic E-state index is 13.0. The SMILES string of the molecule is COCCC1(C(N)=O)CCN(C2CCN(C(=O)c3ccc(OC)cc3C)CC2)CC1. The van der Waals surface area contributed by atoms with Crippen molar-refractivity contribution in [1.82, 2.24) is 9.80 Å². The van der Waals surface area contributed by atoms with Crippen molar-refractivity contribution in [2.24, 2.45) is 11.1 Å². The van der Waals surface area contributed by atoms with E-state index >= 15 is 0 Å². The van der Waals surface area contributed by atoms with Gasteiger partial charge in [-0.1, -0.05) is 0 Å². The van der Waals surface area contributed by atoms with Gasteiger partial charge in [-0.05, 0) is 75.9 Å². The van der Waals surface area contributed by atoms with Crippen molar-refractivity contribution in [2.45, 2.75) is 45.1 Å². The molecule has 2 heterocycles. The maximum atomic E-state index is 13.0. The molecular formula is C23H35N3O4. The molecule has 7 heteroatoms. The van der Waals surface area contributed by atoms with Crippen molar-refractivity contribution in [3.63, 3.8) is 0 Å². The Kier molecular flexibility index (Phi) is 7.36. The molecule has 2 amide bonds. The predicted octanol–water partition coefficient (Wildman–Crippen LogP) is 2.21. The number of hydrogen-bond acceptors (Lipinski definition) is 5. The summed E-state index contributed by atoms with van der Waals surface area (Å²) < 4.78 is 10.4. The van der Waals surface area contributed by atoms with Gasteiger partial charge in [-0.3, -0.25) is 9.59 Å². The van der Waals surface area contributed by atoms with Crippen LogP contribution in [0.25, 0.3) is 0 Å². The molecule has 1 aromatic rings. The first kappa shape index (κ1) is 22.6. The molecule has 2 fully saturated rings. The number of piperidine rings is 2. The van der Waals surface area contributed by atoms with Gasteiger partial charge in [0.2, 0.25) is 5.91 Å². The third-order valence-electron chi connectivity index (χ3n) is 6.99. The van der Waals surface area contributed by atoms with Crippen LogP contribution >= 0.6 is 0 Å². The lowest BCUT2D eigenvalue weighted by Gasteiger charge is -2.45. The molecule has 2 saturated heterocycles. The van der Waals surface area contributed by atoms with Crippen LogP contribution in [0.2, 0.25) is 0 Å². The topological polar surface area (TPSA) is 85.1 Å². The van der Waals surface area contributed by atoms with E-state index in [2.05, 4.69) is 4.90 Å². The van der Waals surface area contributed by atoms with Crippen molar-refractivity contribution in [1.29, 1.82) is 0 Å². The molecule has 2 aliphatic rings. The number of nitrogens with zero attached hydrogens (tertiary/aromatic N) is 2. The number of likely N-dealkylation sites (tertiary alicyclic amines) is 2. The number of methoxy groups -OCH3 is 2. The van der Waals surface area contributed by atoms with Gasteiger partial charge in [0.1, 0.15) is 5.75 Å². The molecule has 2 aliphatic heterocycles. The lowest BCUT2D eigenvalue weighted by Crippen LogP contribution is -2.53. The largest absolute Gasteiger partial charge is 0.497 e. The standard InChI is InChI=1S/C23H35N3O4/c1-17-16-19(30-3)4-5-20(17)21(27)26-11-6-18(7-12-26)25-13-8-23(9-14-25,22(24)28)10-15-29-2/h4-5,16,18H,6-15H2,1-3H3,(H2,24,28). The number of carbonyl (C=O) groups is 2. The number of amides is 2. The summed E-state index contributed by atoms with van der Waals surface area (Å²) in [4.78, 5) is 29.5. The monoisotopic (exact) mass is 417 g/mol. The van der Waals surface area contributed by atoms with Crippen LogP contribution in [0, 0.1) is 12.3 Å². The lowest BCUT2D eigenvalue weighted by molar-refractivity contribution is -0.132. The highest BCUT2D eigenvalue weighted by Crippen LogP contribution is 2.36. The number of hydrogen-bond donors (Lipinski definition) is 1. The molecule has 166 valence electrons. The Labute approximate surface area is 179 Å². The van der Waals surface area contributed by atoms with E-state index in [1.165, 1.54) is 0 Å². The van der Waals surface area contributed by atoms with E-state index in [4.69, 9.17) is 15.2 Å². The van der Waals surface area contributed by atoms with Crippen LogP contribution in [0.15, 0.2) is 18.2 Å². The highest BCUT2D eigenvalue weighted by molar-refractivity contribution is 5.95. The van der Waals surface area contributed by atoms with Gasteiger partial charge >= 0.3 is 0 Å². The number of aryl methyl sites for hydroxylation is 1. The second-order valence-corrected chi connectivity index (χ2v) is 8.63. The van der Waals surface area contributed by atoms with Crippen LogP contribution in [0.4, 0.5) is 0 Å². The summed E-state index contributed by atoms with van der Waals surface area (Å²) in [5.74, 6) is 0.666. The summed E-state index contributed by atoms with van der Waals surface area (Å²) in [7, 11) is 3.29. The van der Waals surface area contributed by atoms with Crippen molar-refractivity contribution < 1.29 is 19.1 Å². The van der Waals surface area contributed by atoms with Gasteiger partial charge < -0.3 is 25.0 Å². The first-order chi connectivity index (χ1) is 14.4. The average molecular weight is 418 g/mol. The van der Waals surface area contributed by atoms with Crippen LogP contribution in [0.3, 0.4) is 0 Å². The summed E-state index contributed by atoms with van der Waals surface area (Å²) in [6.07, 6.45) is 4.19. The molecule has 0 aromatic heterocycles. The molecule has 30 heavy (non-hydrogen) atoms. The fourth-order valence-electron chi connectivity index (χ4n) is 4.84. The average Bonchev–Trinajstić information content (AvgIpc) is 2.77. The number of ether oxygens (including phenoxy) is 2. The lowest BCUT2D eigenvalue weighted by atomic mass is 9.74. The minimum absolute atomic E-state index is 0.0968. The maximum Gasteiger partial charge on any atom is 0.254 e. The van der Waals surface area contributed by atoms with Crippen molar-refractivity contribution >= 4 is 11.8 Å². The summed E-state index contributed by atoms with van der Waals surface area (Å²) in [5.41, 5.74) is 6.99. The normalized spacial score (nSPS) is 20.2. The summed E-state index contributed by atoms with van der Waals surface area (Å²) in [5, 5.41) is 0. The quantitative estimate of drug-likeness (QED) is 0.735. The second-order valence-electron chi connectivity index (χ2n) is 8.63. The van der Waals surface area contributed by atoms with Gasteiger partial charge in [0.15, 0.2) is 0 Å². The van der Waals surface area contributed by atoms with Gasteiger partial charge in [0.05, 0.1) is 12.5 Å². The molecule has 0 spiro atoms. The van der Waals surface area contributed by atoms with Gasteiger partial charge in [-0.25, -0.2) is 0 Å². The zero-order chi connectivity index (χ0) is 21.7. The Morgan fingerprint density at radius 2 is 1.80 bits per heavy atom. The third-order valence-corrected chi connectivity index (χ3v) is 6.99. The molecule has 1 aromatic carbocycles. The molecule has 7 nitrogen and oxygen atoms in total. The number of rotatable bonds is 7. The Morgan fingerprint density at radius 3 is 2.33 bits per heavy atom. The fourth-order valence-corrected chi connectivity index (χ4v) is 4.84. The van der Waals surface area contributed by atoms with E-state index in [1.807, 2.05) is 30.0 Å². The molecular weight excluding hydrogens is 382 g/mol. The zero-order valence-electron chi connectivity index (χ0n) is 18.5. The van der Waals surface area contributed by atoms with E-state index in [0.29, 0.717) is 19.1 Å². The minimum atomic E-state index is -0.435. The number of nitrogens with two attached hydrogens (primary N) is 1. The smallest absolute Gasteiger partial charge is 0.254 e. The van der Waals surface area contributed by atoms with Crippen molar-refractivity contribution in [2.75, 3.05) is 47.0 Å². The van der Waals surface area contributed by atoms with Crippen LogP contribution in [-0.4, -0.2) is 74.7 Å². The summed E-state index contributed by atoms with van der Waals surface area (Å²) in [6.45, 7) is 5.79. The Balaban J connectivity index is 1.54. The number of benzene rings is 1. The molecule has 0 aliphatic carbocycles. The van der Waals surface area contributed by atoms with Crippen LogP contribution in [-0.2, 0) is 9.53 Å². The van der Waals surface area contributed by atoms with E-state index in [9.17, 15) is 9.59 Å². The van der Waals surface area contributed by atoms with Crippen molar-refractivity contribution in [3.8, 4) is 5.75 Å². The minimum Gasteiger partial charge on any atom is -0.497 e. The van der Waals surface area contributed by atoms with Crippen molar-refractivity contribution in [3.05, 3.63) is 29.3 Å². The summed E-state index contributed by atoms with van der Waals surface area (Å²) >= 11 is 0. The zero-order valence-corrected chi connectivity index (χ0v) is 18.5. The Morgan fingerprint density at radius 1 is 1.13 bits per heavy atom. The highest BCUT2D eigenvalue weighted by Gasteiger charge is 2.41. The van der Waals surface area contributed by atoms with E-state index in [0.717, 1.165) is 68.7 Å². The fraction of sp³-hybridized carbons (Fsp3) is 0.652. The molecule has 0 radical (unpaired) electrons. The second kappa shape index (κ2) is 9.79. The molecule has 0 atom stereocenters. The Bertz CT molecular complexity index is 751. The molecule has 0 saturated carbocycles. The predicted molar refractivity (Wildman–Crippen MR) is 116 cm³/mol. The third kappa shape index (κ3) is 4.78. The molecule has 2 N–H and O–H groups in total. The van der Waals surface area contributed by atoms with Gasteiger partial charge in [-0.2, -0.15) is 0 Å². The number of primary amides is 1. The van der Waals surface area contributed by atoms with Gasteiger partial charge in [0.25, 0.3) is 5.91 Å². The first-order valence-corrected chi connectivity index (χ1v) is 10.9. The molecule has 3 rings (SSSR count). The van der Waals surface area contributed by atoms with Gasteiger partial charge in [0, 0.05) is 38.4 Å². The van der Waals surface area contributed by atoms with Crippen LogP contribution in [0.5, 0.6) is 5.75 Å². The molecule has 0 unspecified atom stereocenters.